The third-order valence-corrected chi connectivity index (χ3v) is 3.23. The van der Waals surface area contributed by atoms with Crippen LogP contribution in [0.15, 0.2) is 10.2 Å². The average molecular weight is 256 g/mol. The fourth-order valence-electron chi connectivity index (χ4n) is 2.26. The van der Waals surface area contributed by atoms with Crippen LogP contribution in [0.4, 0.5) is 0 Å². The highest BCUT2D eigenvalue weighted by molar-refractivity contribution is 5.82. The summed E-state index contributed by atoms with van der Waals surface area (Å²) < 4.78 is 16.2. The van der Waals surface area contributed by atoms with Gasteiger partial charge in [0.05, 0.1) is 6.61 Å². The van der Waals surface area contributed by atoms with Crippen molar-refractivity contribution in [3.8, 4) is 0 Å². The van der Waals surface area contributed by atoms with E-state index >= 15 is 0 Å². The molecule has 0 aromatic carbocycles. The molecule has 6 nitrogen and oxygen atoms in total. The SMILES string of the molecule is COC1(OCCC2CCCC2=O)N=NC(C)(C)O1. The molecule has 1 aliphatic heterocycles. The van der Waals surface area contributed by atoms with E-state index in [4.69, 9.17) is 14.2 Å². The van der Waals surface area contributed by atoms with Gasteiger partial charge in [-0.15, -0.1) is 0 Å². The van der Waals surface area contributed by atoms with E-state index in [2.05, 4.69) is 10.2 Å². The summed E-state index contributed by atoms with van der Waals surface area (Å²) >= 11 is 0. The van der Waals surface area contributed by atoms with E-state index in [0.717, 1.165) is 12.8 Å². The van der Waals surface area contributed by atoms with Crippen LogP contribution in [0.3, 0.4) is 0 Å². The van der Waals surface area contributed by atoms with Gasteiger partial charge in [0.15, 0.2) is 5.72 Å². The van der Waals surface area contributed by atoms with Gasteiger partial charge >= 0.3 is 6.10 Å². The van der Waals surface area contributed by atoms with E-state index < -0.39 is 11.8 Å². The van der Waals surface area contributed by atoms with E-state index in [1.54, 1.807) is 13.8 Å². The van der Waals surface area contributed by atoms with Gasteiger partial charge in [0.2, 0.25) is 0 Å². The van der Waals surface area contributed by atoms with Crippen LogP contribution in [0.1, 0.15) is 39.5 Å². The number of hydrogen-bond acceptors (Lipinski definition) is 6. The van der Waals surface area contributed by atoms with E-state index in [1.165, 1.54) is 7.11 Å². The first kappa shape index (κ1) is 13.6. The van der Waals surface area contributed by atoms with E-state index in [0.29, 0.717) is 25.2 Å². The summed E-state index contributed by atoms with van der Waals surface area (Å²) in [6.07, 6.45) is 1.88. The number of ketones is 1. The van der Waals surface area contributed by atoms with Gasteiger partial charge in [-0.1, -0.05) is 5.11 Å². The van der Waals surface area contributed by atoms with Crippen molar-refractivity contribution >= 4 is 5.78 Å². The van der Waals surface area contributed by atoms with Gasteiger partial charge in [-0.2, -0.15) is 5.11 Å². The standard InChI is InChI=1S/C12H20N2O4/c1-11(2)13-14-12(16-3,18-11)17-8-7-9-5-4-6-10(9)15/h9H,4-8H2,1-3H3. The van der Waals surface area contributed by atoms with Crippen LogP contribution < -0.4 is 0 Å². The molecule has 2 unspecified atom stereocenters. The summed E-state index contributed by atoms with van der Waals surface area (Å²) in [5.41, 5.74) is -0.737. The number of carbonyl (C=O) groups excluding carboxylic acids is 1. The lowest BCUT2D eigenvalue weighted by atomic mass is 10.0. The summed E-state index contributed by atoms with van der Waals surface area (Å²) in [5, 5.41) is 7.84. The van der Waals surface area contributed by atoms with Crippen LogP contribution in [0.25, 0.3) is 0 Å². The number of rotatable bonds is 5. The summed E-state index contributed by atoms with van der Waals surface area (Å²) in [7, 11) is 1.46. The molecule has 0 saturated heterocycles. The molecule has 0 aromatic heterocycles. The third kappa shape index (κ3) is 2.93. The lowest BCUT2D eigenvalue weighted by Gasteiger charge is -2.25. The van der Waals surface area contributed by atoms with Gasteiger partial charge in [-0.3, -0.25) is 9.53 Å². The van der Waals surface area contributed by atoms with E-state index in [9.17, 15) is 4.79 Å². The van der Waals surface area contributed by atoms with Crippen molar-refractivity contribution in [1.29, 1.82) is 0 Å². The molecule has 0 aromatic rings. The molecule has 1 fully saturated rings. The van der Waals surface area contributed by atoms with E-state index in [1.807, 2.05) is 0 Å². The average Bonchev–Trinajstić information content (AvgIpc) is 2.84. The molecule has 1 aliphatic carbocycles. The van der Waals surface area contributed by atoms with Gasteiger partial charge < -0.3 is 9.47 Å². The summed E-state index contributed by atoms with van der Waals surface area (Å²) in [6.45, 7) is 3.93. The van der Waals surface area contributed by atoms with Crippen LogP contribution >= 0.6 is 0 Å². The number of carbonyl (C=O) groups is 1. The predicted octanol–water partition coefficient (Wildman–Crippen LogP) is 2.24. The second-order valence-corrected chi connectivity index (χ2v) is 5.17. The molecular weight excluding hydrogens is 236 g/mol. The zero-order valence-electron chi connectivity index (χ0n) is 11.1. The van der Waals surface area contributed by atoms with Crippen LogP contribution in [0.5, 0.6) is 0 Å². The molecule has 6 heteroatoms. The monoisotopic (exact) mass is 256 g/mol. The lowest BCUT2D eigenvalue weighted by molar-refractivity contribution is -0.376. The highest BCUT2D eigenvalue weighted by atomic mass is 16.9. The first-order valence-electron chi connectivity index (χ1n) is 6.32. The third-order valence-electron chi connectivity index (χ3n) is 3.23. The molecule has 2 rings (SSSR count). The molecule has 0 amide bonds. The van der Waals surface area contributed by atoms with Gasteiger partial charge in [-0.05, 0) is 33.1 Å². The van der Waals surface area contributed by atoms with Crippen LogP contribution in [0, 0.1) is 5.92 Å². The minimum absolute atomic E-state index is 0.116. The van der Waals surface area contributed by atoms with Gasteiger partial charge in [-0.25, -0.2) is 0 Å². The second-order valence-electron chi connectivity index (χ2n) is 5.17. The van der Waals surface area contributed by atoms with Crippen molar-refractivity contribution < 1.29 is 19.0 Å². The maximum atomic E-state index is 11.5. The van der Waals surface area contributed by atoms with Crippen LogP contribution in [0.2, 0.25) is 0 Å². The smallest absolute Gasteiger partial charge is 0.310 e. The van der Waals surface area contributed by atoms with Gasteiger partial charge in [0.1, 0.15) is 5.78 Å². The first-order valence-corrected chi connectivity index (χ1v) is 6.32. The van der Waals surface area contributed by atoms with E-state index in [-0.39, 0.29) is 5.92 Å². The summed E-state index contributed by atoms with van der Waals surface area (Å²) in [4.78, 5) is 11.5. The number of hydrogen-bond donors (Lipinski definition) is 0. The Morgan fingerprint density at radius 3 is 2.72 bits per heavy atom. The van der Waals surface area contributed by atoms with Crippen molar-refractivity contribution in [3.63, 3.8) is 0 Å². The van der Waals surface area contributed by atoms with Gasteiger partial charge in [0.25, 0.3) is 0 Å². The second kappa shape index (κ2) is 5.03. The molecule has 2 atom stereocenters. The first-order chi connectivity index (χ1) is 8.46. The zero-order valence-corrected chi connectivity index (χ0v) is 11.1. The van der Waals surface area contributed by atoms with Crippen molar-refractivity contribution in [2.45, 2.75) is 51.4 Å². The Labute approximate surface area is 107 Å². The maximum absolute atomic E-state index is 11.5. The van der Waals surface area contributed by atoms with Gasteiger partial charge in [0, 0.05) is 19.4 Å². The highest BCUT2D eigenvalue weighted by Crippen LogP contribution is 2.33. The Hall–Kier alpha value is -0.850. The molecule has 0 bridgehead atoms. The van der Waals surface area contributed by atoms with Crippen molar-refractivity contribution in [2.24, 2.45) is 16.1 Å². The number of nitrogens with zero attached hydrogens (tertiary/aromatic N) is 2. The molecule has 0 N–H and O–H groups in total. The number of Topliss-reactive ketones (excluding diaryl/α,β-unsaturated/α-hetero) is 1. The summed E-state index contributed by atoms with van der Waals surface area (Å²) in [6, 6.07) is 0. The Morgan fingerprint density at radius 2 is 2.22 bits per heavy atom. The zero-order chi connectivity index (χ0) is 13.2. The lowest BCUT2D eigenvalue weighted by Crippen LogP contribution is -2.38. The largest absolute Gasteiger partial charge is 0.414 e. The maximum Gasteiger partial charge on any atom is 0.414 e. The van der Waals surface area contributed by atoms with Crippen molar-refractivity contribution in [3.05, 3.63) is 0 Å². The molecule has 2 aliphatic rings. The minimum Gasteiger partial charge on any atom is -0.310 e. The minimum atomic E-state index is -1.44. The Balaban J connectivity index is 1.82. The molecule has 18 heavy (non-hydrogen) atoms. The number of methoxy groups -OCH3 is 1. The normalized spacial score (nSPS) is 34.4. The fraction of sp³-hybridized carbons (Fsp3) is 0.917. The number of ether oxygens (including phenoxy) is 3. The Kier molecular flexibility index (Phi) is 3.79. The predicted molar refractivity (Wildman–Crippen MR) is 62.7 cm³/mol. The number of azo groups is 1. The molecular formula is C12H20N2O4. The highest BCUT2D eigenvalue weighted by Gasteiger charge is 2.45. The van der Waals surface area contributed by atoms with Crippen molar-refractivity contribution in [1.82, 2.24) is 0 Å². The molecule has 1 heterocycles. The quantitative estimate of drug-likeness (QED) is 0.707. The molecule has 0 radical (unpaired) electrons. The molecule has 102 valence electrons. The summed E-state index contributed by atoms with van der Waals surface area (Å²) in [5.74, 6) is 0.449. The molecule has 1 saturated carbocycles. The van der Waals surface area contributed by atoms with Crippen molar-refractivity contribution in [2.75, 3.05) is 13.7 Å². The Bertz CT molecular complexity index is 356. The van der Waals surface area contributed by atoms with Crippen LogP contribution in [-0.2, 0) is 19.0 Å². The fourth-order valence-corrected chi connectivity index (χ4v) is 2.26. The Morgan fingerprint density at radius 1 is 1.44 bits per heavy atom. The molecule has 0 spiro atoms. The topological polar surface area (TPSA) is 69.5 Å². The van der Waals surface area contributed by atoms with Crippen LogP contribution in [-0.4, -0.2) is 31.3 Å².